The van der Waals surface area contributed by atoms with Crippen molar-refractivity contribution in [2.45, 2.75) is 18.9 Å². The first-order chi connectivity index (χ1) is 8.26. The van der Waals surface area contributed by atoms with Crippen LogP contribution in [0.5, 0.6) is 0 Å². The van der Waals surface area contributed by atoms with Crippen LogP contribution in [0.2, 0.25) is 0 Å². The fourth-order valence-corrected chi connectivity index (χ4v) is 2.21. The molecule has 0 saturated heterocycles. The Morgan fingerprint density at radius 1 is 1.53 bits per heavy atom. The number of hydrogen-bond donors (Lipinski definition) is 0. The molecule has 17 heavy (non-hydrogen) atoms. The molecule has 0 bridgehead atoms. The van der Waals surface area contributed by atoms with Gasteiger partial charge in [0.05, 0.1) is 6.07 Å². The Kier molecular flexibility index (Phi) is 3.22. The number of fused-ring (bicyclic) bond motifs is 1. The van der Waals surface area contributed by atoms with Crippen molar-refractivity contribution in [2.24, 2.45) is 4.99 Å². The summed E-state index contributed by atoms with van der Waals surface area (Å²) < 4.78 is 0. The van der Waals surface area contributed by atoms with Crippen LogP contribution in [0, 0.1) is 11.3 Å². The highest BCUT2D eigenvalue weighted by molar-refractivity contribution is 5.57. The summed E-state index contributed by atoms with van der Waals surface area (Å²) in [4.78, 5) is 15.9. The molecular formula is C13H13N3O. The molecule has 1 aliphatic heterocycles. The zero-order valence-electron chi connectivity index (χ0n) is 9.68. The minimum absolute atomic E-state index is 0.731. The van der Waals surface area contributed by atoms with Gasteiger partial charge in [0.25, 0.3) is 0 Å². The van der Waals surface area contributed by atoms with Gasteiger partial charge in [0.15, 0.2) is 6.04 Å². The molecule has 1 aromatic rings. The van der Waals surface area contributed by atoms with Crippen molar-refractivity contribution < 1.29 is 4.79 Å². The second-order valence-corrected chi connectivity index (χ2v) is 4.17. The molecule has 1 atom stereocenters. The van der Waals surface area contributed by atoms with E-state index in [0.29, 0.717) is 0 Å². The Bertz CT molecular complexity index is 512. The molecule has 0 N–H and O–H groups in total. The molecule has 0 radical (unpaired) electrons. The highest BCUT2D eigenvalue weighted by atomic mass is 16.1. The second kappa shape index (κ2) is 4.82. The number of nitrogens with zero attached hydrogens (tertiary/aromatic N) is 3. The number of nitriles is 1. The summed E-state index contributed by atoms with van der Waals surface area (Å²) in [5, 5.41) is 8.93. The van der Waals surface area contributed by atoms with Crippen molar-refractivity contribution in [3.05, 3.63) is 29.3 Å². The molecule has 1 heterocycles. The molecule has 0 fully saturated rings. The number of hydrogen-bond acceptors (Lipinski definition) is 4. The third kappa shape index (κ3) is 2.20. The van der Waals surface area contributed by atoms with Crippen LogP contribution >= 0.6 is 0 Å². The molecule has 4 heteroatoms. The van der Waals surface area contributed by atoms with Crippen LogP contribution in [0.25, 0.3) is 0 Å². The van der Waals surface area contributed by atoms with Crippen LogP contribution in [-0.2, 0) is 11.2 Å². The van der Waals surface area contributed by atoms with Gasteiger partial charge in [0.2, 0.25) is 6.08 Å². The SMILES string of the molecule is CN1CCCc2cc(C(C#N)N=C=O)ccc21. The van der Waals surface area contributed by atoms with E-state index in [2.05, 4.69) is 16.9 Å². The lowest BCUT2D eigenvalue weighted by Crippen LogP contribution is -2.24. The van der Waals surface area contributed by atoms with E-state index in [9.17, 15) is 4.79 Å². The monoisotopic (exact) mass is 227 g/mol. The van der Waals surface area contributed by atoms with Gasteiger partial charge >= 0.3 is 0 Å². The first-order valence-corrected chi connectivity index (χ1v) is 5.57. The highest BCUT2D eigenvalue weighted by Crippen LogP contribution is 2.29. The highest BCUT2D eigenvalue weighted by Gasteiger charge is 2.16. The van der Waals surface area contributed by atoms with Crippen LogP contribution in [-0.4, -0.2) is 19.7 Å². The van der Waals surface area contributed by atoms with Crippen LogP contribution in [0.4, 0.5) is 5.69 Å². The predicted octanol–water partition coefficient (Wildman–Crippen LogP) is 1.97. The topological polar surface area (TPSA) is 56.5 Å². The van der Waals surface area contributed by atoms with Crippen molar-refractivity contribution >= 4 is 11.8 Å². The summed E-state index contributed by atoms with van der Waals surface area (Å²) in [6.07, 6.45) is 3.57. The molecular weight excluding hydrogens is 214 g/mol. The van der Waals surface area contributed by atoms with E-state index in [1.54, 1.807) is 0 Å². The van der Waals surface area contributed by atoms with Crippen molar-refractivity contribution in [3.8, 4) is 6.07 Å². The molecule has 1 unspecified atom stereocenters. The quantitative estimate of drug-likeness (QED) is 0.573. The summed E-state index contributed by atoms with van der Waals surface area (Å²) in [6, 6.07) is 7.09. The number of isocyanates is 1. The van der Waals surface area contributed by atoms with Gasteiger partial charge in [0.1, 0.15) is 0 Å². The Morgan fingerprint density at radius 2 is 2.35 bits per heavy atom. The van der Waals surface area contributed by atoms with Gasteiger partial charge in [-0.15, -0.1) is 0 Å². The van der Waals surface area contributed by atoms with Crippen molar-refractivity contribution in [1.29, 1.82) is 5.26 Å². The minimum atomic E-state index is -0.731. The van der Waals surface area contributed by atoms with Gasteiger partial charge in [-0.05, 0) is 30.0 Å². The third-order valence-electron chi connectivity index (χ3n) is 3.07. The fourth-order valence-electron chi connectivity index (χ4n) is 2.21. The zero-order chi connectivity index (χ0) is 12.3. The first-order valence-electron chi connectivity index (χ1n) is 5.57. The lowest BCUT2D eigenvalue weighted by Gasteiger charge is -2.27. The van der Waals surface area contributed by atoms with E-state index in [4.69, 9.17) is 5.26 Å². The molecule has 1 aromatic carbocycles. The van der Waals surface area contributed by atoms with Crippen LogP contribution in [0.3, 0.4) is 0 Å². The normalized spacial score (nSPS) is 15.4. The van der Waals surface area contributed by atoms with E-state index in [-0.39, 0.29) is 0 Å². The maximum atomic E-state index is 10.2. The zero-order valence-corrected chi connectivity index (χ0v) is 9.68. The minimum Gasteiger partial charge on any atom is -0.374 e. The smallest absolute Gasteiger partial charge is 0.236 e. The number of rotatable bonds is 2. The first kappa shape index (κ1) is 11.4. The predicted molar refractivity (Wildman–Crippen MR) is 64.5 cm³/mol. The Hall–Kier alpha value is -2.11. The van der Waals surface area contributed by atoms with Crippen LogP contribution in [0.15, 0.2) is 23.2 Å². The number of anilines is 1. The van der Waals surface area contributed by atoms with E-state index >= 15 is 0 Å². The molecule has 4 nitrogen and oxygen atoms in total. The summed E-state index contributed by atoms with van der Waals surface area (Å²) in [5.41, 5.74) is 3.19. The van der Waals surface area contributed by atoms with Crippen molar-refractivity contribution in [1.82, 2.24) is 0 Å². The van der Waals surface area contributed by atoms with Gasteiger partial charge in [0, 0.05) is 19.3 Å². The molecule has 0 amide bonds. The van der Waals surface area contributed by atoms with Gasteiger partial charge in [-0.3, -0.25) is 0 Å². The molecule has 1 aliphatic rings. The van der Waals surface area contributed by atoms with Gasteiger partial charge in [-0.25, -0.2) is 4.79 Å². The Balaban J connectivity index is 2.39. The lowest BCUT2D eigenvalue weighted by molar-refractivity contribution is 0.561. The maximum Gasteiger partial charge on any atom is 0.236 e. The van der Waals surface area contributed by atoms with Gasteiger partial charge < -0.3 is 4.90 Å². The van der Waals surface area contributed by atoms with Crippen molar-refractivity contribution in [3.63, 3.8) is 0 Å². The summed E-state index contributed by atoms with van der Waals surface area (Å²) in [5.74, 6) is 0. The van der Waals surface area contributed by atoms with Crippen LogP contribution < -0.4 is 4.90 Å². The molecule has 86 valence electrons. The van der Waals surface area contributed by atoms with Crippen molar-refractivity contribution in [2.75, 3.05) is 18.5 Å². The molecule has 0 saturated carbocycles. The van der Waals surface area contributed by atoms with Gasteiger partial charge in [-0.2, -0.15) is 10.3 Å². The van der Waals surface area contributed by atoms with E-state index < -0.39 is 6.04 Å². The number of carbonyl (C=O) groups excluding carboxylic acids is 1. The maximum absolute atomic E-state index is 10.2. The third-order valence-corrected chi connectivity index (χ3v) is 3.07. The molecule has 2 rings (SSSR count). The summed E-state index contributed by atoms with van der Waals surface area (Å²) >= 11 is 0. The van der Waals surface area contributed by atoms with E-state index in [0.717, 1.165) is 24.9 Å². The molecule has 0 aliphatic carbocycles. The summed E-state index contributed by atoms with van der Waals surface area (Å²) in [7, 11) is 2.06. The average molecular weight is 227 g/mol. The standard InChI is InChI=1S/C13H13N3O/c1-16-6-2-3-11-7-10(4-5-13(11)16)12(8-14)15-9-17/h4-5,7,12H,2-3,6H2,1H3. The van der Waals surface area contributed by atoms with Crippen LogP contribution in [0.1, 0.15) is 23.6 Å². The number of benzene rings is 1. The average Bonchev–Trinajstić information content (AvgIpc) is 2.36. The second-order valence-electron chi connectivity index (χ2n) is 4.17. The largest absolute Gasteiger partial charge is 0.374 e. The number of aryl methyl sites for hydroxylation is 1. The fraction of sp³-hybridized carbons (Fsp3) is 0.385. The molecule has 0 aromatic heterocycles. The van der Waals surface area contributed by atoms with E-state index in [1.165, 1.54) is 17.3 Å². The van der Waals surface area contributed by atoms with Gasteiger partial charge in [-0.1, -0.05) is 12.1 Å². The Labute approximate surface area is 100 Å². The molecule has 0 spiro atoms. The summed E-state index contributed by atoms with van der Waals surface area (Å²) in [6.45, 7) is 1.06. The lowest BCUT2D eigenvalue weighted by atomic mass is 9.97. The van der Waals surface area contributed by atoms with E-state index in [1.807, 2.05) is 24.3 Å². The number of aliphatic imine (C=N–C) groups is 1. The Morgan fingerprint density at radius 3 is 3.06 bits per heavy atom.